The number of fused-ring (bicyclic) bond motifs is 1. The molecule has 0 amide bonds. The normalized spacial score (nSPS) is 18.9. The van der Waals surface area contributed by atoms with Gasteiger partial charge in [0, 0.05) is 11.3 Å². The van der Waals surface area contributed by atoms with Crippen LogP contribution in [0.15, 0.2) is 36.7 Å². The number of benzene rings is 1. The van der Waals surface area contributed by atoms with Crippen LogP contribution in [0.2, 0.25) is 0 Å². The maximum absolute atomic E-state index is 4.57. The van der Waals surface area contributed by atoms with E-state index in [2.05, 4.69) is 47.2 Å². The van der Waals surface area contributed by atoms with E-state index in [1.54, 1.807) is 6.33 Å². The van der Waals surface area contributed by atoms with Crippen LogP contribution >= 0.6 is 0 Å². The summed E-state index contributed by atoms with van der Waals surface area (Å²) in [6.07, 6.45) is 9.14. The van der Waals surface area contributed by atoms with E-state index < -0.39 is 0 Å². The molecule has 2 heteroatoms. The van der Waals surface area contributed by atoms with Crippen molar-refractivity contribution < 1.29 is 0 Å². The average molecular weight is 266 g/mol. The molecule has 0 radical (unpaired) electrons. The van der Waals surface area contributed by atoms with E-state index in [9.17, 15) is 0 Å². The smallest absolute Gasteiger partial charge is 0.116 e. The van der Waals surface area contributed by atoms with Gasteiger partial charge in [0.1, 0.15) is 6.33 Å². The molecule has 0 N–H and O–H groups in total. The van der Waals surface area contributed by atoms with Gasteiger partial charge in [-0.1, -0.05) is 50.1 Å². The Hall–Kier alpha value is -1.70. The van der Waals surface area contributed by atoms with E-state index in [-0.39, 0.29) is 0 Å². The molecule has 0 saturated carbocycles. The Morgan fingerprint density at radius 1 is 1.05 bits per heavy atom. The monoisotopic (exact) mass is 266 g/mol. The number of nitrogens with zero attached hydrogens (tertiary/aromatic N) is 2. The molecule has 1 heterocycles. The predicted octanol–water partition coefficient (Wildman–Crippen LogP) is 4.44. The van der Waals surface area contributed by atoms with Gasteiger partial charge in [0.05, 0.1) is 5.69 Å². The van der Waals surface area contributed by atoms with Crippen molar-refractivity contribution in [1.82, 2.24) is 9.97 Å². The standard InChI is InChI=1S/C18H22N2/c1-2-14-7-6-10-17-16(12-11-14)18(20-13-19-17)15-8-4-3-5-9-15/h3-5,8-9,13-14H,2,6-7,10-12H2,1H3. The van der Waals surface area contributed by atoms with Crippen LogP contribution in [0.5, 0.6) is 0 Å². The van der Waals surface area contributed by atoms with Crippen LogP contribution in [-0.2, 0) is 12.8 Å². The Labute approximate surface area is 121 Å². The quantitative estimate of drug-likeness (QED) is 0.803. The number of hydrogen-bond acceptors (Lipinski definition) is 2. The molecule has 2 aromatic rings. The van der Waals surface area contributed by atoms with E-state index in [1.165, 1.54) is 42.5 Å². The Kier molecular flexibility index (Phi) is 4.10. The molecular weight excluding hydrogens is 244 g/mol. The van der Waals surface area contributed by atoms with E-state index in [1.807, 2.05) is 0 Å². The molecule has 1 aliphatic rings. The van der Waals surface area contributed by atoms with Crippen molar-refractivity contribution in [3.63, 3.8) is 0 Å². The summed E-state index contributed by atoms with van der Waals surface area (Å²) in [4.78, 5) is 9.12. The number of hydrogen-bond donors (Lipinski definition) is 0. The van der Waals surface area contributed by atoms with E-state index in [0.717, 1.165) is 24.5 Å². The predicted molar refractivity (Wildman–Crippen MR) is 82.5 cm³/mol. The lowest BCUT2D eigenvalue weighted by atomic mass is 9.86. The summed E-state index contributed by atoms with van der Waals surface area (Å²) in [5.41, 5.74) is 5.03. The van der Waals surface area contributed by atoms with E-state index >= 15 is 0 Å². The zero-order chi connectivity index (χ0) is 13.8. The first-order valence-corrected chi connectivity index (χ1v) is 7.76. The second-order valence-corrected chi connectivity index (χ2v) is 5.72. The fourth-order valence-corrected chi connectivity index (χ4v) is 3.23. The first-order valence-electron chi connectivity index (χ1n) is 7.76. The SMILES string of the molecule is CCC1CCCc2ncnc(-c3ccccc3)c2CC1. The lowest BCUT2D eigenvalue weighted by Crippen LogP contribution is -2.11. The first kappa shape index (κ1) is 13.3. The minimum Gasteiger partial charge on any atom is -0.241 e. The van der Waals surface area contributed by atoms with Gasteiger partial charge in [-0.25, -0.2) is 9.97 Å². The van der Waals surface area contributed by atoms with Crippen molar-refractivity contribution in [1.29, 1.82) is 0 Å². The Balaban J connectivity index is 1.99. The van der Waals surface area contributed by atoms with Crippen LogP contribution in [0.1, 0.15) is 43.9 Å². The second-order valence-electron chi connectivity index (χ2n) is 5.72. The number of aryl methyl sites for hydroxylation is 1. The zero-order valence-corrected chi connectivity index (χ0v) is 12.2. The summed E-state index contributed by atoms with van der Waals surface area (Å²) in [7, 11) is 0. The van der Waals surface area contributed by atoms with Crippen molar-refractivity contribution in [3.8, 4) is 11.3 Å². The van der Waals surface area contributed by atoms with Crippen molar-refractivity contribution in [2.45, 2.75) is 45.4 Å². The number of rotatable bonds is 2. The molecule has 1 aromatic carbocycles. The van der Waals surface area contributed by atoms with Crippen LogP contribution < -0.4 is 0 Å². The van der Waals surface area contributed by atoms with Crippen LogP contribution in [0, 0.1) is 5.92 Å². The van der Waals surface area contributed by atoms with Crippen LogP contribution in [0.3, 0.4) is 0 Å². The van der Waals surface area contributed by atoms with Gasteiger partial charge >= 0.3 is 0 Å². The summed E-state index contributed by atoms with van der Waals surface area (Å²) < 4.78 is 0. The molecule has 0 aliphatic heterocycles. The van der Waals surface area contributed by atoms with Gasteiger partial charge in [0.15, 0.2) is 0 Å². The van der Waals surface area contributed by atoms with E-state index in [0.29, 0.717) is 0 Å². The van der Waals surface area contributed by atoms with Crippen LogP contribution in [0.25, 0.3) is 11.3 Å². The molecule has 104 valence electrons. The van der Waals surface area contributed by atoms with Crippen molar-refractivity contribution in [2.75, 3.05) is 0 Å². The highest BCUT2D eigenvalue weighted by Gasteiger charge is 2.18. The van der Waals surface area contributed by atoms with Gasteiger partial charge in [0.25, 0.3) is 0 Å². The highest BCUT2D eigenvalue weighted by atomic mass is 14.8. The Morgan fingerprint density at radius 3 is 2.70 bits per heavy atom. The molecule has 0 saturated heterocycles. The molecule has 3 rings (SSSR count). The van der Waals surface area contributed by atoms with Crippen molar-refractivity contribution in [2.24, 2.45) is 5.92 Å². The summed E-state index contributed by atoms with van der Waals surface area (Å²) in [6, 6.07) is 10.5. The summed E-state index contributed by atoms with van der Waals surface area (Å²) in [5.74, 6) is 0.868. The average Bonchev–Trinajstić information content (AvgIpc) is 2.49. The maximum Gasteiger partial charge on any atom is 0.116 e. The molecule has 1 atom stereocenters. The molecule has 1 unspecified atom stereocenters. The fourth-order valence-electron chi connectivity index (χ4n) is 3.23. The van der Waals surface area contributed by atoms with Gasteiger partial charge in [-0.3, -0.25) is 0 Å². The maximum atomic E-state index is 4.57. The molecule has 0 spiro atoms. The van der Waals surface area contributed by atoms with Crippen molar-refractivity contribution in [3.05, 3.63) is 47.9 Å². The third-order valence-electron chi connectivity index (χ3n) is 4.49. The van der Waals surface area contributed by atoms with Gasteiger partial charge in [-0.2, -0.15) is 0 Å². The molecular formula is C18H22N2. The first-order chi connectivity index (χ1) is 9.88. The summed E-state index contributed by atoms with van der Waals surface area (Å²) in [5, 5.41) is 0. The molecule has 1 aliphatic carbocycles. The molecule has 2 nitrogen and oxygen atoms in total. The largest absolute Gasteiger partial charge is 0.241 e. The van der Waals surface area contributed by atoms with Crippen LogP contribution in [0.4, 0.5) is 0 Å². The minimum absolute atomic E-state index is 0.868. The summed E-state index contributed by atoms with van der Waals surface area (Å²) in [6.45, 7) is 2.31. The Bertz CT molecular complexity index is 563. The highest BCUT2D eigenvalue weighted by Crippen LogP contribution is 2.30. The Morgan fingerprint density at radius 2 is 1.90 bits per heavy atom. The van der Waals surface area contributed by atoms with Gasteiger partial charge in [0.2, 0.25) is 0 Å². The molecule has 20 heavy (non-hydrogen) atoms. The minimum atomic E-state index is 0.868. The topological polar surface area (TPSA) is 25.8 Å². The lowest BCUT2D eigenvalue weighted by molar-refractivity contribution is 0.413. The fraction of sp³-hybridized carbons (Fsp3) is 0.444. The van der Waals surface area contributed by atoms with Gasteiger partial charge < -0.3 is 0 Å². The molecule has 0 fully saturated rings. The molecule has 1 aromatic heterocycles. The van der Waals surface area contributed by atoms with E-state index in [4.69, 9.17) is 0 Å². The van der Waals surface area contributed by atoms with Gasteiger partial charge in [-0.05, 0) is 37.2 Å². The second kappa shape index (κ2) is 6.17. The van der Waals surface area contributed by atoms with Gasteiger partial charge in [-0.15, -0.1) is 0 Å². The zero-order valence-electron chi connectivity index (χ0n) is 12.2. The third kappa shape index (κ3) is 2.74. The number of aromatic nitrogens is 2. The highest BCUT2D eigenvalue weighted by molar-refractivity contribution is 5.63. The van der Waals surface area contributed by atoms with Crippen molar-refractivity contribution >= 4 is 0 Å². The summed E-state index contributed by atoms with van der Waals surface area (Å²) >= 11 is 0. The third-order valence-corrected chi connectivity index (χ3v) is 4.49. The molecule has 0 bridgehead atoms. The lowest BCUT2D eigenvalue weighted by Gasteiger charge is -2.21. The van der Waals surface area contributed by atoms with Crippen LogP contribution in [-0.4, -0.2) is 9.97 Å².